The largest absolute Gasteiger partial charge is 0.352 e. The van der Waals surface area contributed by atoms with Crippen molar-refractivity contribution in [2.75, 3.05) is 27.2 Å². The molecule has 0 aromatic carbocycles. The van der Waals surface area contributed by atoms with Crippen molar-refractivity contribution in [3.05, 3.63) is 35.0 Å². The first kappa shape index (κ1) is 15.6. The van der Waals surface area contributed by atoms with E-state index in [2.05, 4.69) is 41.3 Å². The second-order valence-electron chi connectivity index (χ2n) is 4.81. The molecule has 0 atom stereocenters. The molecule has 0 radical (unpaired) electrons. The Labute approximate surface area is 131 Å². The Morgan fingerprint density at radius 3 is 2.71 bits per heavy atom. The number of rotatable bonds is 6. The van der Waals surface area contributed by atoms with E-state index in [-0.39, 0.29) is 5.91 Å². The molecular formula is C13H17BrN6O. The summed E-state index contributed by atoms with van der Waals surface area (Å²) in [6, 6.07) is 1.74. The van der Waals surface area contributed by atoms with Crippen LogP contribution in [0.3, 0.4) is 0 Å². The van der Waals surface area contributed by atoms with E-state index in [1.165, 1.54) is 0 Å². The highest BCUT2D eigenvalue weighted by Crippen LogP contribution is 2.19. The fraction of sp³-hybridized carbons (Fsp3) is 0.385. The second-order valence-corrected chi connectivity index (χ2v) is 5.67. The van der Waals surface area contributed by atoms with Gasteiger partial charge in [0.25, 0.3) is 5.91 Å². The van der Waals surface area contributed by atoms with Gasteiger partial charge in [-0.2, -0.15) is 0 Å². The van der Waals surface area contributed by atoms with Gasteiger partial charge in [-0.1, -0.05) is 0 Å². The van der Waals surface area contributed by atoms with E-state index in [1.807, 2.05) is 14.1 Å². The lowest BCUT2D eigenvalue weighted by Crippen LogP contribution is -2.27. The molecule has 0 aliphatic heterocycles. The third kappa shape index (κ3) is 4.33. The first-order chi connectivity index (χ1) is 10.1. The molecule has 2 rings (SSSR count). The van der Waals surface area contributed by atoms with Crippen molar-refractivity contribution in [3.8, 4) is 5.82 Å². The molecule has 1 N–H and O–H groups in total. The maximum Gasteiger partial charge on any atom is 0.252 e. The van der Waals surface area contributed by atoms with Crippen molar-refractivity contribution >= 4 is 21.8 Å². The number of hydrogen-bond acceptors (Lipinski definition) is 5. The quantitative estimate of drug-likeness (QED) is 0.788. The molecule has 2 aromatic heterocycles. The van der Waals surface area contributed by atoms with Gasteiger partial charge < -0.3 is 10.2 Å². The smallest absolute Gasteiger partial charge is 0.252 e. The number of amides is 1. The van der Waals surface area contributed by atoms with Crippen LogP contribution >= 0.6 is 15.9 Å². The highest BCUT2D eigenvalue weighted by Gasteiger charge is 2.10. The van der Waals surface area contributed by atoms with E-state index < -0.39 is 0 Å². The second kappa shape index (κ2) is 7.28. The third-order valence-corrected chi connectivity index (χ3v) is 3.40. The van der Waals surface area contributed by atoms with Gasteiger partial charge in [-0.05, 0) is 49.1 Å². The van der Waals surface area contributed by atoms with Crippen LogP contribution in [0.25, 0.3) is 5.82 Å². The zero-order valence-corrected chi connectivity index (χ0v) is 13.5. The monoisotopic (exact) mass is 352 g/mol. The molecule has 2 heterocycles. The van der Waals surface area contributed by atoms with Crippen LogP contribution in [0.15, 0.2) is 29.4 Å². The summed E-state index contributed by atoms with van der Waals surface area (Å²) in [5.74, 6) is 0.515. The van der Waals surface area contributed by atoms with Crippen LogP contribution in [-0.2, 0) is 0 Å². The fourth-order valence-corrected chi connectivity index (χ4v) is 2.31. The van der Waals surface area contributed by atoms with Crippen LogP contribution in [0.1, 0.15) is 16.8 Å². The standard InChI is InChI=1S/C13H17BrN6O/c1-19(2)5-3-4-15-13(21)10-6-11(14)12(16-7-10)20-8-17-18-9-20/h6-9H,3-5H2,1-2H3,(H,15,21). The molecule has 112 valence electrons. The van der Waals surface area contributed by atoms with Crippen molar-refractivity contribution in [3.63, 3.8) is 0 Å². The van der Waals surface area contributed by atoms with E-state index >= 15 is 0 Å². The van der Waals surface area contributed by atoms with Crippen molar-refractivity contribution in [2.45, 2.75) is 6.42 Å². The number of pyridine rings is 1. The van der Waals surface area contributed by atoms with Crippen molar-refractivity contribution in [1.82, 2.24) is 30.0 Å². The number of aromatic nitrogens is 4. The van der Waals surface area contributed by atoms with Gasteiger partial charge in [0, 0.05) is 12.7 Å². The van der Waals surface area contributed by atoms with Gasteiger partial charge in [0.1, 0.15) is 12.7 Å². The maximum absolute atomic E-state index is 12.0. The topological polar surface area (TPSA) is 75.9 Å². The minimum atomic E-state index is -0.128. The summed E-state index contributed by atoms with van der Waals surface area (Å²) < 4.78 is 2.38. The molecule has 0 spiro atoms. The molecule has 1 amide bonds. The van der Waals surface area contributed by atoms with Gasteiger partial charge in [0.05, 0.1) is 10.0 Å². The van der Waals surface area contributed by atoms with E-state index in [1.54, 1.807) is 29.5 Å². The average molecular weight is 353 g/mol. The summed E-state index contributed by atoms with van der Waals surface area (Å²) in [4.78, 5) is 18.4. The van der Waals surface area contributed by atoms with Gasteiger partial charge in [-0.25, -0.2) is 4.98 Å². The van der Waals surface area contributed by atoms with Crippen LogP contribution in [0, 0.1) is 0 Å². The number of nitrogens with zero attached hydrogens (tertiary/aromatic N) is 5. The third-order valence-electron chi connectivity index (χ3n) is 2.81. The minimum Gasteiger partial charge on any atom is -0.352 e. The van der Waals surface area contributed by atoms with Gasteiger partial charge in [-0.3, -0.25) is 9.36 Å². The average Bonchev–Trinajstić information content (AvgIpc) is 2.97. The number of halogens is 1. The van der Waals surface area contributed by atoms with Gasteiger partial charge in [-0.15, -0.1) is 10.2 Å². The minimum absolute atomic E-state index is 0.128. The first-order valence-corrected chi connectivity index (χ1v) is 7.30. The predicted octanol–water partition coefficient (Wildman–Crippen LogP) is 1.11. The van der Waals surface area contributed by atoms with Gasteiger partial charge in [0.2, 0.25) is 0 Å². The summed E-state index contributed by atoms with van der Waals surface area (Å²) >= 11 is 3.41. The lowest BCUT2D eigenvalue weighted by Gasteiger charge is -2.10. The molecule has 0 saturated carbocycles. The van der Waals surface area contributed by atoms with Gasteiger partial charge in [0.15, 0.2) is 5.82 Å². The molecule has 8 heteroatoms. The summed E-state index contributed by atoms with van der Waals surface area (Å²) in [5, 5.41) is 10.3. The molecule has 0 fully saturated rings. The Bertz CT molecular complexity index is 599. The molecule has 2 aromatic rings. The molecule has 0 bridgehead atoms. The molecule has 0 aliphatic rings. The summed E-state index contributed by atoms with van der Waals surface area (Å²) in [6.07, 6.45) is 5.55. The highest BCUT2D eigenvalue weighted by molar-refractivity contribution is 9.10. The number of nitrogens with one attached hydrogen (secondary N) is 1. The zero-order valence-electron chi connectivity index (χ0n) is 12.0. The van der Waals surface area contributed by atoms with Crippen LogP contribution < -0.4 is 5.32 Å². The Balaban J connectivity index is 1.98. The van der Waals surface area contributed by atoms with Crippen molar-refractivity contribution in [2.24, 2.45) is 0 Å². The number of carbonyl (C=O) groups excluding carboxylic acids is 1. The van der Waals surface area contributed by atoms with Crippen LogP contribution in [-0.4, -0.2) is 57.7 Å². The van der Waals surface area contributed by atoms with E-state index in [0.29, 0.717) is 22.4 Å². The van der Waals surface area contributed by atoms with Crippen LogP contribution in [0.5, 0.6) is 0 Å². The van der Waals surface area contributed by atoms with E-state index in [9.17, 15) is 4.79 Å². The van der Waals surface area contributed by atoms with E-state index in [0.717, 1.165) is 13.0 Å². The Morgan fingerprint density at radius 2 is 2.10 bits per heavy atom. The lowest BCUT2D eigenvalue weighted by atomic mass is 10.2. The van der Waals surface area contributed by atoms with E-state index in [4.69, 9.17) is 0 Å². The van der Waals surface area contributed by atoms with Crippen molar-refractivity contribution in [1.29, 1.82) is 0 Å². The predicted molar refractivity (Wildman–Crippen MR) is 82.4 cm³/mol. The Kier molecular flexibility index (Phi) is 5.40. The fourth-order valence-electron chi connectivity index (χ4n) is 1.75. The molecule has 21 heavy (non-hydrogen) atoms. The lowest BCUT2D eigenvalue weighted by molar-refractivity contribution is 0.0952. The molecular weight excluding hydrogens is 336 g/mol. The maximum atomic E-state index is 12.0. The molecule has 0 unspecified atom stereocenters. The SMILES string of the molecule is CN(C)CCCNC(=O)c1cnc(-n2cnnc2)c(Br)c1. The Morgan fingerprint density at radius 1 is 1.38 bits per heavy atom. The van der Waals surface area contributed by atoms with Gasteiger partial charge >= 0.3 is 0 Å². The van der Waals surface area contributed by atoms with Crippen molar-refractivity contribution < 1.29 is 4.79 Å². The summed E-state index contributed by atoms with van der Waals surface area (Å²) in [7, 11) is 4.01. The summed E-state index contributed by atoms with van der Waals surface area (Å²) in [6.45, 7) is 1.58. The number of carbonyl (C=O) groups is 1. The molecule has 0 saturated heterocycles. The van der Waals surface area contributed by atoms with Crippen LogP contribution in [0.2, 0.25) is 0 Å². The Hall–Kier alpha value is -1.80. The number of hydrogen-bond donors (Lipinski definition) is 1. The molecule has 0 aliphatic carbocycles. The molecule has 7 nitrogen and oxygen atoms in total. The summed E-state index contributed by atoms with van der Waals surface area (Å²) in [5.41, 5.74) is 0.517. The highest BCUT2D eigenvalue weighted by atomic mass is 79.9. The van der Waals surface area contributed by atoms with Crippen LogP contribution in [0.4, 0.5) is 0 Å². The zero-order chi connectivity index (χ0) is 15.2. The normalized spacial score (nSPS) is 10.9. The first-order valence-electron chi connectivity index (χ1n) is 6.51.